The first-order valence-electron chi connectivity index (χ1n) is 2.98. The van der Waals surface area contributed by atoms with E-state index in [9.17, 15) is 4.39 Å². The minimum Gasteiger partial charge on any atom is -0.410 e. The number of nitrogens with zero attached hydrogens (tertiary/aromatic N) is 1. The molecule has 0 aliphatic rings. The molecule has 0 saturated carbocycles. The molecule has 12 heavy (non-hydrogen) atoms. The van der Waals surface area contributed by atoms with E-state index in [1.807, 2.05) is 0 Å². The van der Waals surface area contributed by atoms with Crippen molar-refractivity contribution in [3.8, 4) is 0 Å². The maximum absolute atomic E-state index is 12.6. The lowest BCUT2D eigenvalue weighted by molar-refractivity contribution is 0.321. The zero-order valence-electron chi connectivity index (χ0n) is 5.76. The molecule has 0 unspecified atom stereocenters. The van der Waals surface area contributed by atoms with Crippen molar-refractivity contribution in [3.05, 3.63) is 34.1 Å². The maximum Gasteiger partial charge on any atom is 0.176 e. The molecule has 0 heterocycles. The minimum atomic E-state index is -0.435. The van der Waals surface area contributed by atoms with Gasteiger partial charge in [-0.3, -0.25) is 0 Å². The summed E-state index contributed by atoms with van der Waals surface area (Å²) in [6, 6.07) is 3.93. The van der Waals surface area contributed by atoms with Crippen LogP contribution in [-0.2, 0) is 0 Å². The largest absolute Gasteiger partial charge is 0.410 e. The first-order chi connectivity index (χ1) is 5.65. The van der Waals surface area contributed by atoms with E-state index < -0.39 is 5.82 Å². The Morgan fingerprint density at radius 3 is 2.83 bits per heavy atom. The van der Waals surface area contributed by atoms with Gasteiger partial charge < -0.3 is 5.21 Å². The van der Waals surface area contributed by atoms with Crippen LogP contribution in [0, 0.1) is 5.82 Å². The molecule has 0 atom stereocenters. The third-order valence-corrected chi connectivity index (χ3v) is 2.21. The molecule has 64 valence electrons. The van der Waals surface area contributed by atoms with Gasteiger partial charge in [0, 0.05) is 10.0 Å². The highest BCUT2D eigenvalue weighted by molar-refractivity contribution is 9.10. The molecule has 0 saturated heterocycles. The van der Waals surface area contributed by atoms with Crippen molar-refractivity contribution >= 4 is 32.7 Å². The summed E-state index contributed by atoms with van der Waals surface area (Å²) in [5.74, 6) is -0.435. The third-order valence-electron chi connectivity index (χ3n) is 1.24. The van der Waals surface area contributed by atoms with Crippen LogP contribution in [0.5, 0.6) is 0 Å². The Balaban J connectivity index is 3.23. The van der Waals surface area contributed by atoms with Crippen LogP contribution in [0.4, 0.5) is 4.39 Å². The van der Waals surface area contributed by atoms with Crippen LogP contribution in [-0.4, -0.2) is 10.4 Å². The van der Waals surface area contributed by atoms with E-state index in [0.29, 0.717) is 10.0 Å². The van der Waals surface area contributed by atoms with Gasteiger partial charge in [-0.2, -0.15) is 0 Å². The summed E-state index contributed by atoms with van der Waals surface area (Å²) in [5.41, 5.74) is 0.319. The number of hydrogen-bond acceptors (Lipinski definition) is 2. The molecule has 0 bridgehead atoms. The van der Waals surface area contributed by atoms with Gasteiger partial charge in [0.15, 0.2) is 5.17 Å². The molecule has 2 nitrogen and oxygen atoms in total. The molecular formula is C7H4BrClFNO. The normalized spacial score (nSPS) is 11.8. The predicted molar refractivity (Wildman–Crippen MR) is 48.3 cm³/mol. The summed E-state index contributed by atoms with van der Waals surface area (Å²) < 4.78 is 13.2. The zero-order chi connectivity index (χ0) is 9.14. The van der Waals surface area contributed by atoms with E-state index in [1.165, 1.54) is 18.2 Å². The molecule has 0 radical (unpaired) electrons. The van der Waals surface area contributed by atoms with Crippen LogP contribution >= 0.6 is 27.5 Å². The summed E-state index contributed by atoms with van der Waals surface area (Å²) in [5, 5.41) is 10.9. The second kappa shape index (κ2) is 3.87. The number of hydrogen-bond donors (Lipinski definition) is 1. The van der Waals surface area contributed by atoms with Gasteiger partial charge in [-0.15, -0.1) is 0 Å². The second-order valence-electron chi connectivity index (χ2n) is 2.01. The van der Waals surface area contributed by atoms with Crippen molar-refractivity contribution in [3.63, 3.8) is 0 Å². The molecular weight excluding hydrogens is 248 g/mol. The fourth-order valence-electron chi connectivity index (χ4n) is 0.709. The average Bonchev–Trinajstić information content (AvgIpc) is 2.08. The van der Waals surface area contributed by atoms with Crippen molar-refractivity contribution < 1.29 is 9.60 Å². The van der Waals surface area contributed by atoms with Crippen molar-refractivity contribution in [2.45, 2.75) is 0 Å². The topological polar surface area (TPSA) is 32.6 Å². The fourth-order valence-corrected chi connectivity index (χ4v) is 1.41. The average molecular weight is 252 g/mol. The Hall–Kier alpha value is -0.610. The fraction of sp³-hybridized carbons (Fsp3) is 0. The Bertz CT molecular complexity index is 329. The molecule has 0 spiro atoms. The van der Waals surface area contributed by atoms with Crippen molar-refractivity contribution in [2.75, 3.05) is 0 Å². The summed E-state index contributed by atoms with van der Waals surface area (Å²) >= 11 is 8.60. The second-order valence-corrected chi connectivity index (χ2v) is 3.23. The van der Waals surface area contributed by atoms with Crippen LogP contribution in [0.1, 0.15) is 5.56 Å². The molecule has 0 amide bonds. The summed E-state index contributed by atoms with van der Waals surface area (Å²) in [4.78, 5) is 0. The molecule has 0 aliphatic heterocycles. The predicted octanol–water partition coefficient (Wildman–Crippen LogP) is 2.96. The van der Waals surface area contributed by atoms with Crippen LogP contribution in [0.2, 0.25) is 0 Å². The van der Waals surface area contributed by atoms with Crippen LogP contribution < -0.4 is 0 Å². The van der Waals surface area contributed by atoms with E-state index in [4.69, 9.17) is 16.8 Å². The summed E-state index contributed by atoms with van der Waals surface area (Å²) in [7, 11) is 0. The molecule has 0 fully saturated rings. The zero-order valence-corrected chi connectivity index (χ0v) is 8.10. The molecule has 0 aromatic heterocycles. The highest BCUT2D eigenvalue weighted by atomic mass is 79.9. The van der Waals surface area contributed by atoms with Gasteiger partial charge in [-0.25, -0.2) is 4.39 Å². The van der Waals surface area contributed by atoms with Gasteiger partial charge in [0.05, 0.1) is 0 Å². The highest BCUT2D eigenvalue weighted by Crippen LogP contribution is 2.19. The standard InChI is InChI=1S/C7H4BrClFNO/c8-6-2-1-4(10)3-5(6)7(9)11-12/h1-3,12H. The Labute approximate surface area is 81.8 Å². The molecule has 1 rings (SSSR count). The first-order valence-corrected chi connectivity index (χ1v) is 4.15. The third kappa shape index (κ3) is 1.95. The maximum atomic E-state index is 12.6. The van der Waals surface area contributed by atoms with Crippen molar-refractivity contribution in [2.24, 2.45) is 5.16 Å². The molecule has 1 aromatic carbocycles. The first kappa shape index (κ1) is 9.48. The molecule has 1 aromatic rings. The molecule has 5 heteroatoms. The lowest BCUT2D eigenvalue weighted by atomic mass is 10.2. The lowest BCUT2D eigenvalue weighted by Gasteiger charge is -1.99. The lowest BCUT2D eigenvalue weighted by Crippen LogP contribution is -1.93. The quantitative estimate of drug-likeness (QED) is 0.465. The minimum absolute atomic E-state index is 0.152. The van der Waals surface area contributed by atoms with Gasteiger partial charge in [0.2, 0.25) is 0 Å². The Morgan fingerprint density at radius 1 is 1.58 bits per heavy atom. The molecule has 1 N–H and O–H groups in total. The number of halogens is 3. The number of benzene rings is 1. The number of rotatable bonds is 1. The van der Waals surface area contributed by atoms with E-state index in [2.05, 4.69) is 21.1 Å². The van der Waals surface area contributed by atoms with Gasteiger partial charge in [0.1, 0.15) is 5.82 Å². The smallest absolute Gasteiger partial charge is 0.176 e. The Morgan fingerprint density at radius 2 is 2.25 bits per heavy atom. The van der Waals surface area contributed by atoms with Crippen LogP contribution in [0.25, 0.3) is 0 Å². The SMILES string of the molecule is ON=C(Cl)c1cc(F)ccc1Br. The summed E-state index contributed by atoms with van der Waals surface area (Å²) in [6.45, 7) is 0. The van der Waals surface area contributed by atoms with Crippen LogP contribution in [0.15, 0.2) is 27.8 Å². The van der Waals surface area contributed by atoms with Crippen LogP contribution in [0.3, 0.4) is 0 Å². The van der Waals surface area contributed by atoms with E-state index >= 15 is 0 Å². The van der Waals surface area contributed by atoms with E-state index in [0.717, 1.165) is 0 Å². The van der Waals surface area contributed by atoms with E-state index in [-0.39, 0.29) is 5.17 Å². The van der Waals surface area contributed by atoms with Gasteiger partial charge in [0.25, 0.3) is 0 Å². The molecule has 0 aliphatic carbocycles. The van der Waals surface area contributed by atoms with Gasteiger partial charge in [-0.05, 0) is 18.2 Å². The van der Waals surface area contributed by atoms with E-state index in [1.54, 1.807) is 0 Å². The highest BCUT2D eigenvalue weighted by Gasteiger charge is 2.06. The van der Waals surface area contributed by atoms with Crippen molar-refractivity contribution in [1.29, 1.82) is 0 Å². The Kier molecular flexibility index (Phi) is 3.05. The van der Waals surface area contributed by atoms with Gasteiger partial charge >= 0.3 is 0 Å². The summed E-state index contributed by atoms with van der Waals surface area (Å²) in [6.07, 6.45) is 0. The van der Waals surface area contributed by atoms with Gasteiger partial charge in [-0.1, -0.05) is 32.7 Å². The van der Waals surface area contributed by atoms with Crippen molar-refractivity contribution in [1.82, 2.24) is 0 Å². The number of oxime groups is 1. The monoisotopic (exact) mass is 251 g/mol.